The Morgan fingerprint density at radius 3 is 1.78 bits per heavy atom. The molecule has 3 aliphatic heterocycles. The molecule has 5 aromatic carbocycles. The predicted octanol–water partition coefficient (Wildman–Crippen LogP) is 11.2. The molecule has 3 aliphatic rings. The zero-order chi connectivity index (χ0) is 36.6. The van der Waals surface area contributed by atoms with Gasteiger partial charge >= 0.3 is 0 Å². The van der Waals surface area contributed by atoms with Crippen LogP contribution in [0.4, 0.5) is 34.1 Å². The van der Waals surface area contributed by atoms with Crippen LogP contribution < -0.4 is 26.2 Å². The van der Waals surface area contributed by atoms with E-state index in [9.17, 15) is 0 Å². The predicted molar refractivity (Wildman–Crippen MR) is 232 cm³/mol. The average molecular weight is 711 g/mol. The van der Waals surface area contributed by atoms with Crippen molar-refractivity contribution in [2.24, 2.45) is 0 Å². The van der Waals surface area contributed by atoms with Crippen molar-refractivity contribution in [2.75, 3.05) is 40.6 Å². The molecule has 3 heterocycles. The van der Waals surface area contributed by atoms with Crippen LogP contribution in [0.1, 0.15) is 70.7 Å². The van der Waals surface area contributed by atoms with Crippen LogP contribution in [0.5, 0.6) is 0 Å². The summed E-state index contributed by atoms with van der Waals surface area (Å²) >= 11 is 0. The second kappa shape index (κ2) is 11.2. The first-order chi connectivity index (χ1) is 23.8. The lowest BCUT2D eigenvalue weighted by atomic mass is 9.33. The normalized spacial score (nSPS) is 16.6. The van der Waals surface area contributed by atoms with Crippen molar-refractivity contribution in [3.63, 3.8) is 0 Å². The second-order valence-electron chi connectivity index (χ2n) is 18.1. The first-order valence-corrected chi connectivity index (χ1v) is 23.6. The van der Waals surface area contributed by atoms with E-state index in [0.717, 1.165) is 5.75 Å². The Hall–Kier alpha value is -3.54. The first-order valence-electron chi connectivity index (χ1n) is 18.6. The van der Waals surface area contributed by atoms with Gasteiger partial charge in [0.15, 0.2) is 0 Å². The van der Waals surface area contributed by atoms with Crippen molar-refractivity contribution in [1.82, 2.24) is 0 Å². The molecular formula is C46H55BN2S2. The Bertz CT molecular complexity index is 2250. The fraction of sp³-hybridized carbons (Fsp3) is 0.348. The van der Waals surface area contributed by atoms with Gasteiger partial charge in [-0.05, 0) is 131 Å². The van der Waals surface area contributed by atoms with E-state index in [-0.39, 0.29) is 17.5 Å². The lowest BCUT2D eigenvalue weighted by Crippen LogP contribution is -2.62. The first kappa shape index (κ1) is 34.5. The summed E-state index contributed by atoms with van der Waals surface area (Å²) in [5.41, 5.74) is 18.0. The molecule has 0 saturated carbocycles. The highest BCUT2D eigenvalue weighted by Crippen LogP contribution is 2.70. The van der Waals surface area contributed by atoms with Crippen LogP contribution in [0.3, 0.4) is 0 Å². The Labute approximate surface area is 311 Å². The van der Waals surface area contributed by atoms with Gasteiger partial charge in [0, 0.05) is 31.7 Å². The third-order valence-electron chi connectivity index (χ3n) is 11.9. The van der Waals surface area contributed by atoms with E-state index in [1.165, 1.54) is 82.6 Å². The molecule has 2 nitrogen and oxygen atoms in total. The van der Waals surface area contributed by atoms with E-state index in [2.05, 4.69) is 182 Å². The Morgan fingerprint density at radius 1 is 0.608 bits per heavy atom. The van der Waals surface area contributed by atoms with Crippen LogP contribution >= 0.6 is 20.1 Å². The average Bonchev–Trinajstić information content (AvgIpc) is 3.06. The number of hydrogen-bond donors (Lipinski definition) is 0. The minimum Gasteiger partial charge on any atom is -0.310 e. The quantitative estimate of drug-likeness (QED) is 0.169. The van der Waals surface area contributed by atoms with Crippen LogP contribution in [0.2, 0.25) is 0 Å². The van der Waals surface area contributed by atoms with Crippen LogP contribution in [-0.4, -0.2) is 37.5 Å². The van der Waals surface area contributed by atoms with Crippen molar-refractivity contribution in [3.8, 4) is 0 Å². The smallest absolute Gasteiger partial charge is 0.252 e. The van der Waals surface area contributed by atoms with Gasteiger partial charge in [-0.2, -0.15) is 10.0 Å². The maximum atomic E-state index is 2.70. The van der Waals surface area contributed by atoms with Gasteiger partial charge in [-0.1, -0.05) is 96.5 Å². The van der Waals surface area contributed by atoms with Crippen LogP contribution in [0, 0.1) is 13.8 Å². The van der Waals surface area contributed by atoms with E-state index >= 15 is 0 Å². The zero-order valence-corrected chi connectivity index (χ0v) is 34.7. The highest BCUT2D eigenvalue weighted by atomic mass is 32.3. The van der Waals surface area contributed by atoms with E-state index in [4.69, 9.17) is 0 Å². The van der Waals surface area contributed by atoms with Crippen LogP contribution in [0.15, 0.2) is 99.6 Å². The lowest BCUT2D eigenvalue weighted by molar-refractivity contribution is 0.590. The Morgan fingerprint density at radius 2 is 1.16 bits per heavy atom. The monoisotopic (exact) mass is 710 g/mol. The molecule has 0 unspecified atom stereocenters. The number of benzene rings is 5. The van der Waals surface area contributed by atoms with E-state index in [0.29, 0.717) is 0 Å². The maximum absolute atomic E-state index is 2.70. The summed E-state index contributed by atoms with van der Waals surface area (Å²) in [6.45, 7) is 21.1. The van der Waals surface area contributed by atoms with Crippen molar-refractivity contribution in [2.45, 2.75) is 87.8 Å². The number of aryl methyl sites for hydroxylation is 2. The highest BCUT2D eigenvalue weighted by Gasteiger charge is 2.50. The van der Waals surface area contributed by atoms with Gasteiger partial charge in [0.05, 0.1) is 17.1 Å². The number of fused-ring (bicyclic) bond motifs is 7. The summed E-state index contributed by atoms with van der Waals surface area (Å²) < 4.78 is 0. The van der Waals surface area contributed by atoms with Gasteiger partial charge in [-0.3, -0.25) is 0 Å². The molecule has 0 saturated heterocycles. The largest absolute Gasteiger partial charge is 0.310 e. The number of rotatable bonds is 3. The van der Waals surface area contributed by atoms with Gasteiger partial charge in [0.25, 0.3) is 6.71 Å². The van der Waals surface area contributed by atoms with E-state index in [1.54, 1.807) is 4.90 Å². The molecule has 0 radical (unpaired) electrons. The second-order valence-corrected chi connectivity index (χ2v) is 25.7. The topological polar surface area (TPSA) is 6.48 Å². The SMILES string of the molecule is CCS(C)(C)c1cc2c3c4c1N(c1ccc(C(C)(C)C)cc1)c1ccc(C(C)(C)C)cc1B4c1cc(C)ccc1N3c1ccc(C)cc1S2(C)C. The van der Waals surface area contributed by atoms with Crippen molar-refractivity contribution >= 4 is 77.3 Å². The van der Waals surface area contributed by atoms with Crippen molar-refractivity contribution < 1.29 is 0 Å². The zero-order valence-electron chi connectivity index (χ0n) is 33.1. The molecule has 0 bridgehead atoms. The van der Waals surface area contributed by atoms with Crippen molar-refractivity contribution in [1.29, 1.82) is 0 Å². The summed E-state index contributed by atoms with van der Waals surface area (Å²) in [7, 11) is -2.51. The third-order valence-corrected chi connectivity index (χ3v) is 17.7. The highest BCUT2D eigenvalue weighted by molar-refractivity contribution is 8.33. The van der Waals surface area contributed by atoms with Crippen LogP contribution in [-0.2, 0) is 10.8 Å². The van der Waals surface area contributed by atoms with Gasteiger partial charge < -0.3 is 9.80 Å². The molecule has 5 heteroatoms. The minimum atomic E-state index is -1.34. The van der Waals surface area contributed by atoms with Gasteiger partial charge in [0.1, 0.15) is 0 Å². The fourth-order valence-corrected chi connectivity index (χ4v) is 12.6. The molecule has 8 rings (SSSR count). The summed E-state index contributed by atoms with van der Waals surface area (Å²) in [5.74, 6) is 1.14. The number of hydrogen-bond acceptors (Lipinski definition) is 2. The Kier molecular flexibility index (Phi) is 7.61. The standard InChI is InChI=1S/C46H55BN2S2/c1-14-50(10,11)40-28-41-44-42-43(40)48(33-20-17-31(18-21-33)45(4,5)6)36-24-19-32(46(7,8)9)27-35(36)47(42)34-25-29(2)15-22-37(34)49(44)38-23-16-30(3)26-39(38)51(41,12)13/h15-28H,14H2,1-13H3. The van der Waals surface area contributed by atoms with Gasteiger partial charge in [0.2, 0.25) is 0 Å². The number of anilines is 6. The van der Waals surface area contributed by atoms with Crippen LogP contribution in [0.25, 0.3) is 0 Å². The molecule has 0 N–H and O–H groups in total. The molecule has 0 fully saturated rings. The lowest BCUT2D eigenvalue weighted by Gasteiger charge is -2.53. The summed E-state index contributed by atoms with van der Waals surface area (Å²) in [6.07, 6.45) is 10.2. The molecule has 264 valence electrons. The van der Waals surface area contributed by atoms with E-state index < -0.39 is 20.1 Å². The minimum absolute atomic E-state index is 0.0309. The molecular weight excluding hydrogens is 655 g/mol. The van der Waals surface area contributed by atoms with Gasteiger partial charge in [-0.15, -0.1) is 0 Å². The van der Waals surface area contributed by atoms with Crippen molar-refractivity contribution in [3.05, 3.63) is 107 Å². The fourth-order valence-electron chi connectivity index (χ4n) is 8.58. The molecule has 0 atom stereocenters. The summed E-state index contributed by atoms with van der Waals surface area (Å²) in [6, 6.07) is 34.1. The molecule has 0 amide bonds. The molecule has 0 aromatic heterocycles. The summed E-state index contributed by atoms with van der Waals surface area (Å²) in [4.78, 5) is 9.92. The number of nitrogens with zero attached hydrogens (tertiary/aromatic N) is 2. The van der Waals surface area contributed by atoms with Gasteiger partial charge in [-0.25, -0.2) is 10.0 Å². The molecule has 5 aromatic rings. The summed E-state index contributed by atoms with van der Waals surface area (Å²) in [5, 5.41) is 0. The maximum Gasteiger partial charge on any atom is 0.252 e. The molecule has 0 aliphatic carbocycles. The Balaban J connectivity index is 1.58. The van der Waals surface area contributed by atoms with E-state index in [1.807, 2.05) is 0 Å². The molecule has 51 heavy (non-hydrogen) atoms. The molecule has 0 spiro atoms. The third kappa shape index (κ3) is 5.08.